The second kappa shape index (κ2) is 9.94. The lowest BCUT2D eigenvalue weighted by Gasteiger charge is -2.14. The molecule has 3 nitrogen and oxygen atoms in total. The minimum atomic E-state index is 0.644. The lowest BCUT2D eigenvalue weighted by Crippen LogP contribution is -2.19. The number of rotatable bonds is 10. The zero-order valence-corrected chi connectivity index (χ0v) is 13.9. The molecular formula is C16H27NO2S. The maximum absolute atomic E-state index is 5.88. The van der Waals surface area contributed by atoms with Crippen molar-refractivity contribution < 1.29 is 9.47 Å². The zero-order valence-electron chi connectivity index (χ0n) is 13.1. The van der Waals surface area contributed by atoms with E-state index in [-0.39, 0.29) is 0 Å². The molecule has 0 heterocycles. The molecule has 1 aromatic rings. The van der Waals surface area contributed by atoms with Gasteiger partial charge in [-0.1, -0.05) is 20.8 Å². The number of hydrogen-bond donors (Lipinski definition) is 1. The van der Waals surface area contributed by atoms with E-state index in [1.165, 1.54) is 0 Å². The van der Waals surface area contributed by atoms with Gasteiger partial charge in [0.05, 0.1) is 13.7 Å². The van der Waals surface area contributed by atoms with Gasteiger partial charge in [-0.2, -0.15) is 11.8 Å². The summed E-state index contributed by atoms with van der Waals surface area (Å²) < 4.78 is 11.2. The minimum Gasteiger partial charge on any atom is -0.497 e. The molecule has 20 heavy (non-hydrogen) atoms. The third-order valence-electron chi connectivity index (χ3n) is 2.83. The standard InChI is InChI=1S/C16H27NO2S/c1-5-20-9-8-19-16-7-6-15(18-4)10-14(16)12-17-11-13(2)3/h6-7,10,13,17H,5,8-9,11-12H2,1-4H3. The Balaban J connectivity index is 2.60. The summed E-state index contributed by atoms with van der Waals surface area (Å²) in [5.41, 5.74) is 1.16. The molecule has 0 unspecified atom stereocenters. The van der Waals surface area contributed by atoms with Gasteiger partial charge in [-0.25, -0.2) is 0 Å². The van der Waals surface area contributed by atoms with E-state index in [1.54, 1.807) is 7.11 Å². The van der Waals surface area contributed by atoms with Gasteiger partial charge in [-0.15, -0.1) is 0 Å². The first-order valence-corrected chi connectivity index (χ1v) is 8.41. The predicted molar refractivity (Wildman–Crippen MR) is 88.0 cm³/mol. The Morgan fingerprint density at radius 3 is 2.75 bits per heavy atom. The summed E-state index contributed by atoms with van der Waals surface area (Å²) in [5, 5.41) is 3.45. The minimum absolute atomic E-state index is 0.644. The highest BCUT2D eigenvalue weighted by atomic mass is 32.2. The molecule has 0 aliphatic rings. The first-order valence-electron chi connectivity index (χ1n) is 7.25. The van der Waals surface area contributed by atoms with Crippen molar-refractivity contribution in [1.29, 1.82) is 0 Å². The number of nitrogens with one attached hydrogen (secondary N) is 1. The predicted octanol–water partition coefficient (Wildman–Crippen LogP) is 3.57. The van der Waals surface area contributed by atoms with Crippen LogP contribution in [0.15, 0.2) is 18.2 Å². The topological polar surface area (TPSA) is 30.5 Å². The normalized spacial score (nSPS) is 10.8. The molecule has 0 aliphatic heterocycles. The molecule has 0 atom stereocenters. The Labute approximate surface area is 127 Å². The second-order valence-electron chi connectivity index (χ2n) is 5.04. The van der Waals surface area contributed by atoms with Gasteiger partial charge in [0.1, 0.15) is 11.5 Å². The van der Waals surface area contributed by atoms with Crippen LogP contribution in [0, 0.1) is 5.92 Å². The van der Waals surface area contributed by atoms with Gasteiger partial charge in [0.2, 0.25) is 0 Å². The quantitative estimate of drug-likeness (QED) is 0.669. The summed E-state index contributed by atoms with van der Waals surface area (Å²) in [6, 6.07) is 6.01. The van der Waals surface area contributed by atoms with Crippen LogP contribution in [-0.4, -0.2) is 31.8 Å². The fourth-order valence-electron chi connectivity index (χ4n) is 1.81. The second-order valence-corrected chi connectivity index (χ2v) is 6.44. The van der Waals surface area contributed by atoms with Crippen LogP contribution in [0.4, 0.5) is 0 Å². The van der Waals surface area contributed by atoms with Crippen molar-refractivity contribution in [3.63, 3.8) is 0 Å². The van der Waals surface area contributed by atoms with Crippen molar-refractivity contribution in [3.05, 3.63) is 23.8 Å². The van der Waals surface area contributed by atoms with Gasteiger partial charge in [0.25, 0.3) is 0 Å². The largest absolute Gasteiger partial charge is 0.497 e. The molecule has 0 fully saturated rings. The number of methoxy groups -OCH3 is 1. The van der Waals surface area contributed by atoms with Crippen LogP contribution in [0.25, 0.3) is 0 Å². The van der Waals surface area contributed by atoms with Crippen molar-refractivity contribution in [2.45, 2.75) is 27.3 Å². The van der Waals surface area contributed by atoms with Crippen LogP contribution in [0.2, 0.25) is 0 Å². The summed E-state index contributed by atoms with van der Waals surface area (Å²) in [4.78, 5) is 0. The molecule has 0 spiro atoms. The summed E-state index contributed by atoms with van der Waals surface area (Å²) in [6.07, 6.45) is 0. The molecule has 0 aliphatic carbocycles. The number of ether oxygens (including phenoxy) is 2. The molecule has 114 valence electrons. The molecular weight excluding hydrogens is 270 g/mol. The van der Waals surface area contributed by atoms with Crippen molar-refractivity contribution >= 4 is 11.8 Å². The van der Waals surface area contributed by atoms with E-state index in [4.69, 9.17) is 9.47 Å². The maximum Gasteiger partial charge on any atom is 0.124 e. The SMILES string of the molecule is CCSCCOc1ccc(OC)cc1CNCC(C)C. The molecule has 0 amide bonds. The van der Waals surface area contributed by atoms with Crippen LogP contribution in [0.1, 0.15) is 26.3 Å². The van der Waals surface area contributed by atoms with Crippen LogP contribution in [0.5, 0.6) is 11.5 Å². The highest BCUT2D eigenvalue weighted by Gasteiger charge is 2.06. The van der Waals surface area contributed by atoms with Crippen molar-refractivity contribution in [2.24, 2.45) is 5.92 Å². The Bertz CT molecular complexity index is 383. The van der Waals surface area contributed by atoms with E-state index >= 15 is 0 Å². The van der Waals surface area contributed by atoms with E-state index in [0.29, 0.717) is 5.92 Å². The van der Waals surface area contributed by atoms with E-state index in [2.05, 4.69) is 32.2 Å². The van der Waals surface area contributed by atoms with Gasteiger partial charge in [0.15, 0.2) is 0 Å². The molecule has 0 saturated carbocycles. The molecule has 1 aromatic carbocycles. The van der Waals surface area contributed by atoms with Gasteiger partial charge in [-0.05, 0) is 36.4 Å². The Kier molecular flexibility index (Phi) is 8.54. The molecule has 0 aromatic heterocycles. The van der Waals surface area contributed by atoms with E-state index in [1.807, 2.05) is 23.9 Å². The fraction of sp³-hybridized carbons (Fsp3) is 0.625. The zero-order chi connectivity index (χ0) is 14.8. The van der Waals surface area contributed by atoms with Gasteiger partial charge in [0, 0.05) is 17.9 Å². The third kappa shape index (κ3) is 6.53. The van der Waals surface area contributed by atoms with Crippen LogP contribution in [-0.2, 0) is 6.54 Å². The lowest BCUT2D eigenvalue weighted by atomic mass is 10.1. The summed E-state index contributed by atoms with van der Waals surface area (Å²) in [5.74, 6) is 4.64. The molecule has 1 N–H and O–H groups in total. The summed E-state index contributed by atoms with van der Waals surface area (Å²) in [6.45, 7) is 9.14. The monoisotopic (exact) mass is 297 g/mol. The Hall–Kier alpha value is -0.870. The number of thioether (sulfide) groups is 1. The average molecular weight is 297 g/mol. The first kappa shape index (κ1) is 17.2. The van der Waals surface area contributed by atoms with Crippen molar-refractivity contribution in [1.82, 2.24) is 5.32 Å². The highest BCUT2D eigenvalue weighted by molar-refractivity contribution is 7.99. The van der Waals surface area contributed by atoms with Crippen LogP contribution in [0.3, 0.4) is 0 Å². The molecule has 0 saturated heterocycles. The van der Waals surface area contributed by atoms with Gasteiger partial charge in [-0.3, -0.25) is 0 Å². The molecule has 1 rings (SSSR count). The first-order chi connectivity index (χ1) is 9.67. The molecule has 4 heteroatoms. The van der Waals surface area contributed by atoms with Crippen molar-refractivity contribution in [2.75, 3.05) is 31.8 Å². The summed E-state index contributed by atoms with van der Waals surface area (Å²) in [7, 11) is 1.69. The molecule has 0 bridgehead atoms. The van der Waals surface area contributed by atoms with Gasteiger partial charge < -0.3 is 14.8 Å². The van der Waals surface area contributed by atoms with Gasteiger partial charge >= 0.3 is 0 Å². The van der Waals surface area contributed by atoms with Crippen LogP contribution >= 0.6 is 11.8 Å². The van der Waals surface area contributed by atoms with Crippen LogP contribution < -0.4 is 14.8 Å². The van der Waals surface area contributed by atoms with E-state index in [0.717, 1.165) is 48.3 Å². The highest BCUT2D eigenvalue weighted by Crippen LogP contribution is 2.24. The Morgan fingerprint density at radius 1 is 1.30 bits per heavy atom. The average Bonchev–Trinajstić information content (AvgIpc) is 2.44. The summed E-state index contributed by atoms with van der Waals surface area (Å²) >= 11 is 1.90. The lowest BCUT2D eigenvalue weighted by molar-refractivity contribution is 0.337. The van der Waals surface area contributed by atoms with E-state index < -0.39 is 0 Å². The Morgan fingerprint density at radius 2 is 2.10 bits per heavy atom. The maximum atomic E-state index is 5.88. The number of hydrogen-bond acceptors (Lipinski definition) is 4. The van der Waals surface area contributed by atoms with E-state index in [9.17, 15) is 0 Å². The van der Waals surface area contributed by atoms with Crippen molar-refractivity contribution in [3.8, 4) is 11.5 Å². The third-order valence-corrected chi connectivity index (χ3v) is 3.69. The molecule has 0 radical (unpaired) electrons. The fourth-order valence-corrected chi connectivity index (χ4v) is 2.30. The number of benzene rings is 1. The smallest absolute Gasteiger partial charge is 0.124 e.